The molecule has 2 N–H and O–H groups in total. The van der Waals surface area contributed by atoms with Crippen molar-refractivity contribution in [2.24, 2.45) is 0 Å². The number of amides is 1. The van der Waals surface area contributed by atoms with Crippen LogP contribution >= 0.6 is 11.6 Å². The van der Waals surface area contributed by atoms with Crippen LogP contribution in [0.5, 0.6) is 0 Å². The average molecular weight is 308 g/mol. The Kier molecular flexibility index (Phi) is 4.43. The third-order valence-corrected chi connectivity index (χ3v) is 3.88. The highest BCUT2D eigenvalue weighted by Gasteiger charge is 2.12. The van der Waals surface area contributed by atoms with Gasteiger partial charge in [-0.05, 0) is 18.2 Å². The number of hydrogen-bond donors (Lipinski definition) is 2. The second kappa shape index (κ2) is 6.47. The van der Waals surface area contributed by atoms with Crippen LogP contribution in [0.15, 0.2) is 24.3 Å². The van der Waals surface area contributed by atoms with Crippen molar-refractivity contribution < 1.29 is 9.53 Å². The molecular formula is C15H18ClN3O2. The van der Waals surface area contributed by atoms with Crippen LogP contribution in [-0.4, -0.2) is 55.2 Å². The van der Waals surface area contributed by atoms with Crippen molar-refractivity contribution in [2.75, 3.05) is 39.4 Å². The third kappa shape index (κ3) is 3.56. The van der Waals surface area contributed by atoms with Gasteiger partial charge in [-0.1, -0.05) is 17.7 Å². The smallest absolute Gasteiger partial charge is 0.267 e. The first-order valence-corrected chi connectivity index (χ1v) is 7.47. The predicted molar refractivity (Wildman–Crippen MR) is 82.9 cm³/mol. The highest BCUT2D eigenvalue weighted by atomic mass is 35.5. The van der Waals surface area contributed by atoms with Crippen molar-refractivity contribution in [3.63, 3.8) is 0 Å². The first-order chi connectivity index (χ1) is 10.2. The van der Waals surface area contributed by atoms with Gasteiger partial charge in [0.25, 0.3) is 5.91 Å². The largest absolute Gasteiger partial charge is 0.379 e. The Balaban J connectivity index is 1.56. The number of nitrogens with zero attached hydrogens (tertiary/aromatic N) is 1. The SMILES string of the molecule is O=C(NCCN1CCOCC1)c1cc2ccc(Cl)cc2[nH]1. The summed E-state index contributed by atoms with van der Waals surface area (Å²) in [6.07, 6.45) is 0. The van der Waals surface area contributed by atoms with Gasteiger partial charge >= 0.3 is 0 Å². The highest BCUT2D eigenvalue weighted by Crippen LogP contribution is 2.19. The van der Waals surface area contributed by atoms with E-state index in [0.29, 0.717) is 17.3 Å². The Morgan fingerprint density at radius 2 is 2.14 bits per heavy atom. The molecule has 21 heavy (non-hydrogen) atoms. The van der Waals surface area contributed by atoms with Crippen LogP contribution in [0.3, 0.4) is 0 Å². The van der Waals surface area contributed by atoms with Crippen molar-refractivity contribution in [2.45, 2.75) is 0 Å². The first kappa shape index (κ1) is 14.4. The van der Waals surface area contributed by atoms with E-state index >= 15 is 0 Å². The number of hydrogen-bond acceptors (Lipinski definition) is 3. The number of aromatic amines is 1. The van der Waals surface area contributed by atoms with E-state index in [0.717, 1.165) is 43.8 Å². The van der Waals surface area contributed by atoms with Crippen LogP contribution in [0.2, 0.25) is 5.02 Å². The first-order valence-electron chi connectivity index (χ1n) is 7.09. The lowest BCUT2D eigenvalue weighted by Gasteiger charge is -2.26. The molecule has 0 saturated carbocycles. The van der Waals surface area contributed by atoms with Crippen LogP contribution in [0.25, 0.3) is 10.9 Å². The van der Waals surface area contributed by atoms with Gasteiger partial charge in [-0.15, -0.1) is 0 Å². The number of carbonyl (C=O) groups is 1. The second-order valence-electron chi connectivity index (χ2n) is 5.12. The minimum atomic E-state index is -0.0874. The van der Waals surface area contributed by atoms with E-state index in [1.54, 1.807) is 0 Å². The Labute approximate surface area is 128 Å². The molecule has 2 heterocycles. The Morgan fingerprint density at radius 1 is 1.33 bits per heavy atom. The molecule has 112 valence electrons. The fraction of sp³-hybridized carbons (Fsp3) is 0.400. The number of morpholine rings is 1. The Hall–Kier alpha value is -1.56. The van der Waals surface area contributed by atoms with Crippen molar-refractivity contribution in [3.8, 4) is 0 Å². The predicted octanol–water partition coefficient (Wildman–Crippen LogP) is 1.88. The standard InChI is InChI=1S/C15H18ClN3O2/c16-12-2-1-11-9-14(18-13(11)10-12)15(20)17-3-4-19-5-7-21-8-6-19/h1-2,9-10,18H,3-8H2,(H,17,20). The quantitative estimate of drug-likeness (QED) is 0.907. The number of rotatable bonds is 4. The third-order valence-electron chi connectivity index (χ3n) is 3.65. The summed E-state index contributed by atoms with van der Waals surface area (Å²) in [5.74, 6) is -0.0874. The van der Waals surface area contributed by atoms with E-state index in [9.17, 15) is 4.79 Å². The van der Waals surface area contributed by atoms with Gasteiger partial charge in [-0.25, -0.2) is 0 Å². The summed E-state index contributed by atoms with van der Waals surface area (Å²) in [6.45, 7) is 4.89. The maximum absolute atomic E-state index is 12.1. The molecule has 0 radical (unpaired) electrons. The summed E-state index contributed by atoms with van der Waals surface area (Å²) < 4.78 is 5.29. The van der Waals surface area contributed by atoms with Gasteiger partial charge in [0.15, 0.2) is 0 Å². The van der Waals surface area contributed by atoms with Crippen LogP contribution in [0, 0.1) is 0 Å². The normalized spacial score (nSPS) is 16.2. The maximum Gasteiger partial charge on any atom is 0.267 e. The zero-order valence-electron chi connectivity index (χ0n) is 11.7. The molecule has 0 unspecified atom stereocenters. The second-order valence-corrected chi connectivity index (χ2v) is 5.56. The summed E-state index contributed by atoms with van der Waals surface area (Å²) >= 11 is 5.94. The number of benzene rings is 1. The van der Waals surface area contributed by atoms with Gasteiger partial charge in [0.05, 0.1) is 13.2 Å². The minimum absolute atomic E-state index is 0.0874. The molecule has 0 spiro atoms. The van der Waals surface area contributed by atoms with E-state index < -0.39 is 0 Å². The number of fused-ring (bicyclic) bond motifs is 1. The van der Waals surface area contributed by atoms with Crippen molar-refractivity contribution in [1.82, 2.24) is 15.2 Å². The fourth-order valence-electron chi connectivity index (χ4n) is 2.47. The topological polar surface area (TPSA) is 57.4 Å². The number of ether oxygens (including phenoxy) is 1. The summed E-state index contributed by atoms with van der Waals surface area (Å²) in [6, 6.07) is 7.38. The molecule has 6 heteroatoms. The Bertz CT molecular complexity index is 635. The zero-order valence-corrected chi connectivity index (χ0v) is 12.4. The highest BCUT2D eigenvalue weighted by molar-refractivity contribution is 6.31. The van der Waals surface area contributed by atoms with Crippen LogP contribution in [0.1, 0.15) is 10.5 Å². The lowest BCUT2D eigenvalue weighted by atomic mass is 10.2. The number of carbonyl (C=O) groups excluding carboxylic acids is 1. The molecule has 1 saturated heterocycles. The molecule has 1 fully saturated rings. The molecule has 3 rings (SSSR count). The molecule has 1 aliphatic heterocycles. The molecular weight excluding hydrogens is 290 g/mol. The van der Waals surface area contributed by atoms with Gasteiger partial charge in [0, 0.05) is 42.1 Å². The van der Waals surface area contributed by atoms with E-state index in [-0.39, 0.29) is 5.91 Å². The minimum Gasteiger partial charge on any atom is -0.379 e. The van der Waals surface area contributed by atoms with Crippen LogP contribution in [-0.2, 0) is 4.74 Å². The van der Waals surface area contributed by atoms with Crippen molar-refractivity contribution >= 4 is 28.4 Å². The summed E-state index contributed by atoms with van der Waals surface area (Å²) in [4.78, 5) is 17.5. The summed E-state index contributed by atoms with van der Waals surface area (Å²) in [7, 11) is 0. The van der Waals surface area contributed by atoms with Gasteiger partial charge < -0.3 is 15.0 Å². The number of H-pyrrole nitrogens is 1. The number of halogens is 1. The van der Waals surface area contributed by atoms with Gasteiger partial charge in [-0.3, -0.25) is 9.69 Å². The van der Waals surface area contributed by atoms with Gasteiger partial charge in [0.1, 0.15) is 5.69 Å². The summed E-state index contributed by atoms with van der Waals surface area (Å²) in [5, 5.41) is 4.58. The molecule has 0 aliphatic carbocycles. The number of nitrogens with one attached hydrogen (secondary N) is 2. The van der Waals surface area contributed by atoms with Crippen LogP contribution < -0.4 is 5.32 Å². The fourth-order valence-corrected chi connectivity index (χ4v) is 2.64. The molecule has 0 bridgehead atoms. The van der Waals surface area contributed by atoms with Gasteiger partial charge in [-0.2, -0.15) is 0 Å². The molecule has 0 atom stereocenters. The lowest BCUT2D eigenvalue weighted by molar-refractivity contribution is 0.0383. The molecule has 2 aromatic rings. The van der Waals surface area contributed by atoms with Crippen molar-refractivity contribution in [3.05, 3.63) is 35.0 Å². The van der Waals surface area contributed by atoms with E-state index in [4.69, 9.17) is 16.3 Å². The monoisotopic (exact) mass is 307 g/mol. The molecule has 5 nitrogen and oxygen atoms in total. The van der Waals surface area contributed by atoms with E-state index in [1.807, 2.05) is 24.3 Å². The molecule has 1 aromatic carbocycles. The zero-order chi connectivity index (χ0) is 14.7. The van der Waals surface area contributed by atoms with E-state index in [1.165, 1.54) is 0 Å². The van der Waals surface area contributed by atoms with Gasteiger partial charge in [0.2, 0.25) is 0 Å². The number of aromatic nitrogens is 1. The molecule has 1 amide bonds. The average Bonchev–Trinajstić information content (AvgIpc) is 2.91. The van der Waals surface area contributed by atoms with Crippen molar-refractivity contribution in [1.29, 1.82) is 0 Å². The van der Waals surface area contributed by atoms with E-state index in [2.05, 4.69) is 15.2 Å². The lowest BCUT2D eigenvalue weighted by Crippen LogP contribution is -2.41. The van der Waals surface area contributed by atoms with Crippen LogP contribution in [0.4, 0.5) is 0 Å². The summed E-state index contributed by atoms with van der Waals surface area (Å²) in [5.41, 5.74) is 1.44. The maximum atomic E-state index is 12.1. The Morgan fingerprint density at radius 3 is 2.95 bits per heavy atom. The molecule has 1 aliphatic rings. The molecule has 1 aromatic heterocycles.